The molecule has 2 aliphatic rings. The van der Waals surface area contributed by atoms with Crippen molar-refractivity contribution >= 4 is 51.6 Å². The topological polar surface area (TPSA) is 115 Å². The maximum atomic E-state index is 12.5. The van der Waals surface area contributed by atoms with Crippen LogP contribution in [0.3, 0.4) is 0 Å². The second kappa shape index (κ2) is 11.8. The molecule has 0 bridgehead atoms. The molecule has 1 fully saturated rings. The van der Waals surface area contributed by atoms with Crippen LogP contribution in [0.2, 0.25) is 0 Å². The van der Waals surface area contributed by atoms with E-state index in [1.54, 1.807) is 18.7 Å². The fraction of sp³-hybridized carbons (Fsp3) is 0.407. The Morgan fingerprint density at radius 3 is 2.34 bits per heavy atom. The molecular formula is C27H31Cl2N3O6. The summed E-state index contributed by atoms with van der Waals surface area (Å²) in [5.74, 6) is -1.25. The van der Waals surface area contributed by atoms with Crippen LogP contribution in [-0.2, 0) is 19.1 Å². The van der Waals surface area contributed by atoms with Crippen molar-refractivity contribution in [2.45, 2.75) is 33.0 Å². The first kappa shape index (κ1) is 28.0. The van der Waals surface area contributed by atoms with Crippen LogP contribution in [0.4, 0.5) is 0 Å². The summed E-state index contributed by atoms with van der Waals surface area (Å²) in [6, 6.07) is 7.64. The Hall–Kier alpha value is -2.98. The van der Waals surface area contributed by atoms with Gasteiger partial charge in [0.15, 0.2) is 0 Å². The van der Waals surface area contributed by atoms with E-state index in [1.165, 1.54) is 0 Å². The number of aliphatic hydroxyl groups is 2. The number of carbonyl (C=O) groups is 2. The molecule has 1 aliphatic carbocycles. The molecule has 2 unspecified atom stereocenters. The molecular weight excluding hydrogens is 533 g/mol. The average Bonchev–Trinajstić information content (AvgIpc) is 3.23. The standard InChI is InChI=1S/C27H31Cl2N3O6/c1-4-37-19(33)14-18(27(36)38-5-2)31-10-12-32(13-11-31)24-23(29)25(34)21(22(28)26(24)35)20-15(3)30-17-9-7-6-8-16(17)20/h6-9,14,25-26,30,34-35H,4-5,10-13H2,1-3H3/b18-14+. The summed E-state index contributed by atoms with van der Waals surface area (Å²) < 4.78 is 10.1. The quantitative estimate of drug-likeness (QED) is 0.347. The van der Waals surface area contributed by atoms with E-state index < -0.39 is 24.1 Å². The molecule has 4 rings (SSSR count). The predicted molar refractivity (Wildman–Crippen MR) is 145 cm³/mol. The maximum absolute atomic E-state index is 12.5. The van der Waals surface area contributed by atoms with Crippen LogP contribution in [-0.4, -0.2) is 88.5 Å². The van der Waals surface area contributed by atoms with Gasteiger partial charge in [0.2, 0.25) is 0 Å². The van der Waals surface area contributed by atoms with E-state index in [1.807, 2.05) is 36.1 Å². The molecule has 1 aliphatic heterocycles. The van der Waals surface area contributed by atoms with Crippen LogP contribution >= 0.6 is 23.2 Å². The summed E-state index contributed by atoms with van der Waals surface area (Å²) in [6.07, 6.45) is -1.35. The van der Waals surface area contributed by atoms with Crippen LogP contribution in [0, 0.1) is 6.92 Å². The zero-order valence-corrected chi connectivity index (χ0v) is 23.0. The minimum Gasteiger partial charge on any atom is -0.463 e. The number of hydrogen-bond donors (Lipinski definition) is 3. The molecule has 11 heteroatoms. The predicted octanol–water partition coefficient (Wildman–Crippen LogP) is 3.24. The van der Waals surface area contributed by atoms with E-state index in [4.69, 9.17) is 32.7 Å². The number of nitrogens with one attached hydrogen (secondary N) is 1. The number of hydrogen-bond acceptors (Lipinski definition) is 8. The molecule has 9 nitrogen and oxygen atoms in total. The number of aliphatic hydroxyl groups excluding tert-OH is 2. The Kier molecular flexibility index (Phi) is 8.72. The highest BCUT2D eigenvalue weighted by Gasteiger charge is 2.39. The number of aromatic nitrogens is 1. The first-order valence-corrected chi connectivity index (χ1v) is 13.2. The summed E-state index contributed by atoms with van der Waals surface area (Å²) in [5, 5.41) is 23.6. The van der Waals surface area contributed by atoms with Gasteiger partial charge in [0.1, 0.15) is 17.9 Å². The Balaban J connectivity index is 1.58. The van der Waals surface area contributed by atoms with Crippen molar-refractivity contribution in [2.75, 3.05) is 39.4 Å². The van der Waals surface area contributed by atoms with Crippen molar-refractivity contribution in [1.82, 2.24) is 14.8 Å². The van der Waals surface area contributed by atoms with Gasteiger partial charge in [0.05, 0.1) is 35.1 Å². The summed E-state index contributed by atoms with van der Waals surface area (Å²) in [7, 11) is 0. The highest BCUT2D eigenvalue weighted by atomic mass is 35.5. The zero-order valence-electron chi connectivity index (χ0n) is 21.5. The van der Waals surface area contributed by atoms with E-state index in [0.717, 1.165) is 22.7 Å². The lowest BCUT2D eigenvalue weighted by molar-refractivity contribution is -0.142. The van der Waals surface area contributed by atoms with Gasteiger partial charge in [-0.25, -0.2) is 9.59 Å². The molecule has 0 saturated carbocycles. The Morgan fingerprint density at radius 1 is 1.03 bits per heavy atom. The van der Waals surface area contributed by atoms with Gasteiger partial charge in [0.25, 0.3) is 0 Å². The summed E-state index contributed by atoms with van der Waals surface area (Å²) in [6.45, 7) is 6.94. The summed E-state index contributed by atoms with van der Waals surface area (Å²) in [5.41, 5.74) is 3.17. The first-order valence-electron chi connectivity index (χ1n) is 12.5. The fourth-order valence-electron chi connectivity index (χ4n) is 4.97. The number of H-pyrrole nitrogens is 1. The average molecular weight is 564 g/mol. The molecule has 1 aromatic heterocycles. The Labute approximate surface area is 230 Å². The lowest BCUT2D eigenvalue weighted by atomic mass is 9.90. The summed E-state index contributed by atoms with van der Waals surface area (Å²) in [4.78, 5) is 31.4. The third-order valence-electron chi connectivity index (χ3n) is 6.66. The largest absolute Gasteiger partial charge is 0.463 e. The van der Waals surface area contributed by atoms with Gasteiger partial charge in [0, 0.05) is 53.9 Å². The molecule has 1 saturated heterocycles. The number of esters is 2. The van der Waals surface area contributed by atoms with Crippen molar-refractivity contribution < 1.29 is 29.3 Å². The van der Waals surface area contributed by atoms with Gasteiger partial charge >= 0.3 is 11.9 Å². The SMILES string of the molecule is CCOC(=O)/C=C(\C(=O)OCC)N1CCN(C2=C(Cl)C(O)C(c3c(C)[nH]c4ccccc34)=C(Cl)C2O)CC1. The van der Waals surface area contributed by atoms with Crippen LogP contribution in [0.1, 0.15) is 25.1 Å². The van der Waals surface area contributed by atoms with Crippen LogP contribution in [0.25, 0.3) is 16.5 Å². The van der Waals surface area contributed by atoms with Crippen molar-refractivity contribution in [3.05, 3.63) is 63.1 Å². The number of fused-ring (bicyclic) bond motifs is 1. The lowest BCUT2D eigenvalue weighted by Crippen LogP contribution is -2.49. The van der Waals surface area contributed by atoms with Gasteiger partial charge in [-0.3, -0.25) is 0 Å². The monoisotopic (exact) mass is 563 g/mol. The number of halogens is 2. The minimum absolute atomic E-state index is 0.0858. The van der Waals surface area contributed by atoms with E-state index >= 15 is 0 Å². The highest BCUT2D eigenvalue weighted by molar-refractivity contribution is 6.37. The molecule has 2 heterocycles. The Bertz CT molecular complexity index is 1320. The van der Waals surface area contributed by atoms with Crippen LogP contribution in [0.15, 0.2) is 51.8 Å². The Morgan fingerprint density at radius 2 is 1.68 bits per heavy atom. The van der Waals surface area contributed by atoms with Gasteiger partial charge in [-0.2, -0.15) is 0 Å². The summed E-state index contributed by atoms with van der Waals surface area (Å²) >= 11 is 13.4. The highest BCUT2D eigenvalue weighted by Crippen LogP contribution is 2.44. The smallest absolute Gasteiger partial charge is 0.354 e. The number of para-hydroxylation sites is 1. The van der Waals surface area contributed by atoms with E-state index in [2.05, 4.69) is 4.98 Å². The number of ether oxygens (including phenoxy) is 2. The molecule has 0 radical (unpaired) electrons. The van der Waals surface area contributed by atoms with E-state index in [-0.39, 0.29) is 29.0 Å². The molecule has 3 N–H and O–H groups in total. The second-order valence-electron chi connectivity index (χ2n) is 8.95. The van der Waals surface area contributed by atoms with E-state index in [9.17, 15) is 19.8 Å². The zero-order chi connectivity index (χ0) is 27.6. The van der Waals surface area contributed by atoms with Gasteiger partial charge in [-0.05, 0) is 26.8 Å². The molecule has 2 atom stereocenters. The number of rotatable bonds is 7. The maximum Gasteiger partial charge on any atom is 0.354 e. The molecule has 0 spiro atoms. The molecule has 1 aromatic carbocycles. The number of aryl methyl sites for hydroxylation is 1. The molecule has 38 heavy (non-hydrogen) atoms. The van der Waals surface area contributed by atoms with Gasteiger partial charge in [-0.15, -0.1) is 0 Å². The van der Waals surface area contributed by atoms with Gasteiger partial charge in [-0.1, -0.05) is 41.4 Å². The lowest BCUT2D eigenvalue weighted by Gasteiger charge is -2.42. The van der Waals surface area contributed by atoms with Crippen molar-refractivity contribution in [3.8, 4) is 0 Å². The number of nitrogens with zero attached hydrogens (tertiary/aromatic N) is 2. The third-order valence-corrected chi connectivity index (χ3v) is 7.47. The normalized spacial score (nSPS) is 20.9. The van der Waals surface area contributed by atoms with Crippen LogP contribution in [0.5, 0.6) is 0 Å². The van der Waals surface area contributed by atoms with Gasteiger partial charge < -0.3 is 34.5 Å². The molecule has 0 amide bonds. The fourth-order valence-corrected chi connectivity index (χ4v) is 5.60. The van der Waals surface area contributed by atoms with Crippen molar-refractivity contribution in [3.63, 3.8) is 0 Å². The number of carbonyl (C=O) groups excluding carboxylic acids is 2. The minimum atomic E-state index is -1.25. The molecule has 204 valence electrons. The number of piperazine rings is 1. The van der Waals surface area contributed by atoms with E-state index in [0.29, 0.717) is 43.0 Å². The van der Waals surface area contributed by atoms with Crippen LogP contribution < -0.4 is 0 Å². The second-order valence-corrected chi connectivity index (χ2v) is 9.76. The van der Waals surface area contributed by atoms with Crippen molar-refractivity contribution in [1.29, 1.82) is 0 Å². The molecule has 2 aromatic rings. The third kappa shape index (κ3) is 5.29. The number of aromatic amines is 1. The first-order chi connectivity index (χ1) is 18.2. The van der Waals surface area contributed by atoms with Crippen molar-refractivity contribution in [2.24, 2.45) is 0 Å². The number of benzene rings is 1.